The molecule has 0 aromatic heterocycles. The van der Waals surface area contributed by atoms with Gasteiger partial charge in [0.25, 0.3) is 0 Å². The van der Waals surface area contributed by atoms with Crippen LogP contribution in [0, 0.1) is 0 Å². The summed E-state index contributed by atoms with van der Waals surface area (Å²) in [5, 5.41) is 10.2. The number of ether oxygens (including phenoxy) is 4. The van der Waals surface area contributed by atoms with Crippen molar-refractivity contribution in [3.63, 3.8) is 0 Å². The van der Waals surface area contributed by atoms with Crippen LogP contribution in [0.1, 0.15) is 32.4 Å². The fourth-order valence-corrected chi connectivity index (χ4v) is 2.38. The van der Waals surface area contributed by atoms with Crippen LogP contribution >= 0.6 is 0 Å². The molecule has 0 saturated heterocycles. The number of rotatable bonds is 5. The Morgan fingerprint density at radius 2 is 2.14 bits per heavy atom. The molecule has 1 atom stereocenters. The van der Waals surface area contributed by atoms with Crippen LogP contribution in [-0.2, 0) is 14.3 Å². The molecule has 0 saturated carbocycles. The van der Waals surface area contributed by atoms with E-state index in [-0.39, 0.29) is 12.4 Å². The number of methoxy groups -OCH3 is 1. The van der Waals surface area contributed by atoms with E-state index in [1.807, 2.05) is 13.8 Å². The molecular weight excluding hydrogens is 276 g/mol. The average Bonchev–Trinajstić information content (AvgIpc) is 2.66. The van der Waals surface area contributed by atoms with E-state index in [4.69, 9.17) is 18.9 Å². The Balaban J connectivity index is 2.24. The summed E-state index contributed by atoms with van der Waals surface area (Å²) in [5.41, 5.74) is -0.191. The van der Waals surface area contributed by atoms with Crippen molar-refractivity contribution in [2.45, 2.75) is 32.5 Å². The molecule has 2 rings (SSSR count). The highest BCUT2D eigenvalue weighted by atomic mass is 16.6. The first-order valence-electron chi connectivity index (χ1n) is 6.76. The number of phenolic OH excluding ortho intramolecular Hbond substituents is 1. The van der Waals surface area contributed by atoms with Crippen LogP contribution in [0.2, 0.25) is 0 Å². The third-order valence-corrected chi connectivity index (χ3v) is 3.27. The van der Waals surface area contributed by atoms with Gasteiger partial charge in [-0.3, -0.25) is 0 Å². The minimum Gasteiger partial charge on any atom is -0.507 e. The molecule has 6 heteroatoms. The molecule has 1 aliphatic rings. The lowest BCUT2D eigenvalue weighted by molar-refractivity contribution is -0.154. The number of esters is 1. The lowest BCUT2D eigenvalue weighted by atomic mass is 9.96. The molecule has 6 nitrogen and oxygen atoms in total. The van der Waals surface area contributed by atoms with Crippen molar-refractivity contribution in [2.75, 3.05) is 20.3 Å². The summed E-state index contributed by atoms with van der Waals surface area (Å²) in [6.07, 6.45) is -0.567. The second kappa shape index (κ2) is 5.81. The van der Waals surface area contributed by atoms with Crippen LogP contribution in [0.5, 0.6) is 17.2 Å². The fraction of sp³-hybridized carbons (Fsp3) is 0.533. The third-order valence-electron chi connectivity index (χ3n) is 3.27. The van der Waals surface area contributed by atoms with Crippen LogP contribution < -0.4 is 9.47 Å². The van der Waals surface area contributed by atoms with Crippen molar-refractivity contribution in [1.29, 1.82) is 0 Å². The van der Waals surface area contributed by atoms with Crippen LogP contribution in [0.3, 0.4) is 0 Å². The highest BCUT2D eigenvalue weighted by molar-refractivity contribution is 5.70. The number of carbonyl (C=O) groups excluding carboxylic acids is 1. The normalized spacial score (nSPS) is 18.8. The first kappa shape index (κ1) is 15.4. The molecular formula is C15H20O6. The number of benzene rings is 1. The van der Waals surface area contributed by atoms with Gasteiger partial charge in [-0.2, -0.15) is 0 Å². The van der Waals surface area contributed by atoms with Gasteiger partial charge in [0.2, 0.25) is 0 Å². The Kier molecular flexibility index (Phi) is 4.27. The van der Waals surface area contributed by atoms with Crippen molar-refractivity contribution in [3.8, 4) is 17.2 Å². The molecule has 1 N–H and O–H groups in total. The molecule has 1 aromatic carbocycles. The Hall–Kier alpha value is -1.95. The van der Waals surface area contributed by atoms with Gasteiger partial charge in [-0.15, -0.1) is 0 Å². The van der Waals surface area contributed by atoms with Crippen LogP contribution in [-0.4, -0.2) is 37.0 Å². The van der Waals surface area contributed by atoms with E-state index < -0.39 is 17.7 Å². The maximum absolute atomic E-state index is 11.4. The van der Waals surface area contributed by atoms with E-state index in [1.54, 1.807) is 13.0 Å². The van der Waals surface area contributed by atoms with Gasteiger partial charge >= 0.3 is 5.97 Å². The molecule has 116 valence electrons. The summed E-state index contributed by atoms with van der Waals surface area (Å²) in [5.74, 6) is 0.553. The monoisotopic (exact) mass is 296 g/mol. The molecule has 0 radical (unpaired) electrons. The van der Waals surface area contributed by atoms with E-state index in [9.17, 15) is 9.90 Å². The molecule has 0 fully saturated rings. The van der Waals surface area contributed by atoms with Gasteiger partial charge in [0.05, 0.1) is 19.3 Å². The third kappa shape index (κ3) is 3.05. The largest absolute Gasteiger partial charge is 0.507 e. The number of fused-ring (bicyclic) bond motifs is 1. The summed E-state index contributed by atoms with van der Waals surface area (Å²) < 4.78 is 21.4. The highest BCUT2D eigenvalue weighted by Crippen LogP contribution is 2.50. The van der Waals surface area contributed by atoms with E-state index in [0.29, 0.717) is 23.7 Å². The summed E-state index contributed by atoms with van der Waals surface area (Å²) in [6.45, 7) is 5.49. The summed E-state index contributed by atoms with van der Waals surface area (Å²) in [6, 6.07) is 3.18. The topological polar surface area (TPSA) is 74.2 Å². The first-order valence-corrected chi connectivity index (χ1v) is 6.76. The number of aromatic hydroxyl groups is 1. The Bertz CT molecular complexity index is 537. The standard InChI is InChI=1S/C15H20O6/c1-5-19-12(17)8-20-14-13-10(16)6-9(18-4)7-11(13)21-15(14,2)3/h6-7,14,16H,5,8H2,1-4H3. The van der Waals surface area contributed by atoms with Gasteiger partial charge in [0.15, 0.2) is 0 Å². The van der Waals surface area contributed by atoms with E-state index >= 15 is 0 Å². The van der Waals surface area contributed by atoms with Gasteiger partial charge < -0.3 is 24.1 Å². The van der Waals surface area contributed by atoms with E-state index in [1.165, 1.54) is 13.2 Å². The molecule has 0 amide bonds. The molecule has 1 heterocycles. The average molecular weight is 296 g/mol. The molecule has 21 heavy (non-hydrogen) atoms. The van der Waals surface area contributed by atoms with E-state index in [2.05, 4.69) is 0 Å². The van der Waals surface area contributed by atoms with Gasteiger partial charge in [0, 0.05) is 12.1 Å². The molecule has 0 bridgehead atoms. The van der Waals surface area contributed by atoms with Crippen molar-refractivity contribution < 1.29 is 28.8 Å². The van der Waals surface area contributed by atoms with E-state index in [0.717, 1.165) is 0 Å². The predicted octanol–water partition coefficient (Wildman–Crippen LogP) is 2.19. The zero-order chi connectivity index (χ0) is 15.6. The van der Waals surface area contributed by atoms with Crippen molar-refractivity contribution in [1.82, 2.24) is 0 Å². The molecule has 0 spiro atoms. The number of hydrogen-bond donors (Lipinski definition) is 1. The van der Waals surface area contributed by atoms with Gasteiger partial charge in [-0.1, -0.05) is 0 Å². The molecule has 0 aliphatic carbocycles. The van der Waals surface area contributed by atoms with Crippen molar-refractivity contribution in [2.24, 2.45) is 0 Å². The molecule has 1 aliphatic heterocycles. The zero-order valence-corrected chi connectivity index (χ0v) is 12.6. The van der Waals surface area contributed by atoms with Gasteiger partial charge in [-0.05, 0) is 20.8 Å². The quantitative estimate of drug-likeness (QED) is 0.840. The SMILES string of the molecule is CCOC(=O)COC1c2c(O)cc(OC)cc2OC1(C)C. The summed E-state index contributed by atoms with van der Waals surface area (Å²) in [7, 11) is 1.51. The summed E-state index contributed by atoms with van der Waals surface area (Å²) in [4.78, 5) is 11.4. The first-order chi connectivity index (χ1) is 9.89. The van der Waals surface area contributed by atoms with Crippen LogP contribution in [0.15, 0.2) is 12.1 Å². The fourth-order valence-electron chi connectivity index (χ4n) is 2.38. The second-order valence-corrected chi connectivity index (χ2v) is 5.26. The number of phenols is 1. The van der Waals surface area contributed by atoms with Crippen molar-refractivity contribution >= 4 is 5.97 Å². The molecule has 1 aromatic rings. The Morgan fingerprint density at radius 3 is 2.76 bits per heavy atom. The zero-order valence-electron chi connectivity index (χ0n) is 12.6. The maximum atomic E-state index is 11.4. The number of hydrogen-bond acceptors (Lipinski definition) is 6. The Morgan fingerprint density at radius 1 is 1.43 bits per heavy atom. The molecule has 1 unspecified atom stereocenters. The summed E-state index contributed by atoms with van der Waals surface area (Å²) >= 11 is 0. The smallest absolute Gasteiger partial charge is 0.332 e. The van der Waals surface area contributed by atoms with Gasteiger partial charge in [0.1, 0.15) is 35.6 Å². The lowest BCUT2D eigenvalue weighted by Gasteiger charge is -2.26. The number of carbonyl (C=O) groups is 1. The lowest BCUT2D eigenvalue weighted by Crippen LogP contribution is -2.33. The minimum absolute atomic E-state index is 0.0174. The van der Waals surface area contributed by atoms with Crippen LogP contribution in [0.25, 0.3) is 0 Å². The van der Waals surface area contributed by atoms with Crippen LogP contribution in [0.4, 0.5) is 0 Å². The minimum atomic E-state index is -0.710. The maximum Gasteiger partial charge on any atom is 0.332 e. The highest BCUT2D eigenvalue weighted by Gasteiger charge is 2.44. The van der Waals surface area contributed by atoms with Crippen molar-refractivity contribution in [3.05, 3.63) is 17.7 Å². The predicted molar refractivity (Wildman–Crippen MR) is 74.7 cm³/mol. The second-order valence-electron chi connectivity index (χ2n) is 5.26. The van der Waals surface area contributed by atoms with Gasteiger partial charge in [-0.25, -0.2) is 4.79 Å². The Labute approximate surface area is 123 Å².